The largest absolute Gasteiger partial charge is 0.326 e. The van der Waals surface area contributed by atoms with Gasteiger partial charge in [0.2, 0.25) is 10.0 Å². The second-order valence-electron chi connectivity index (χ2n) is 4.30. The Balaban J connectivity index is 2.13. The molecule has 1 heterocycles. The van der Waals surface area contributed by atoms with E-state index in [1.165, 1.54) is 0 Å². The van der Waals surface area contributed by atoms with E-state index in [4.69, 9.17) is 5.73 Å². The first-order valence-electron chi connectivity index (χ1n) is 5.36. The number of sulfonamides is 1. The third-order valence-electron chi connectivity index (χ3n) is 3.29. The molecule has 0 amide bonds. The summed E-state index contributed by atoms with van der Waals surface area (Å²) in [6, 6.07) is 0.132. The van der Waals surface area contributed by atoms with Gasteiger partial charge in [0.05, 0.1) is 5.75 Å². The molecule has 2 unspecified atom stereocenters. The third-order valence-corrected chi connectivity index (χ3v) is 5.26. The van der Waals surface area contributed by atoms with Gasteiger partial charge in [-0.15, -0.1) is 0 Å². The Bertz CT molecular complexity index is 302. The normalized spacial score (nSPS) is 38.6. The van der Waals surface area contributed by atoms with Crippen molar-refractivity contribution in [3.05, 3.63) is 0 Å². The van der Waals surface area contributed by atoms with Crippen LogP contribution in [0.4, 0.5) is 0 Å². The van der Waals surface area contributed by atoms with Crippen LogP contribution in [0, 0.1) is 0 Å². The van der Waals surface area contributed by atoms with E-state index in [-0.39, 0.29) is 12.1 Å². The molecule has 2 N–H and O–H groups in total. The fourth-order valence-electron chi connectivity index (χ4n) is 2.53. The van der Waals surface area contributed by atoms with Crippen LogP contribution in [0.15, 0.2) is 0 Å². The molecule has 2 rings (SSSR count). The van der Waals surface area contributed by atoms with Gasteiger partial charge in [-0.25, -0.2) is 8.42 Å². The van der Waals surface area contributed by atoms with Crippen molar-refractivity contribution in [2.75, 3.05) is 12.3 Å². The van der Waals surface area contributed by atoms with Gasteiger partial charge in [-0.3, -0.25) is 0 Å². The number of hydrogen-bond donors (Lipinski definition) is 1. The summed E-state index contributed by atoms with van der Waals surface area (Å²) in [6.45, 7) is 0.681. The molecule has 4 nitrogen and oxygen atoms in total. The summed E-state index contributed by atoms with van der Waals surface area (Å²) in [5.74, 6) is 0.316. The minimum absolute atomic E-state index is 0.0524. The second-order valence-corrected chi connectivity index (χ2v) is 6.34. The highest BCUT2D eigenvalue weighted by molar-refractivity contribution is 7.89. The lowest BCUT2D eigenvalue weighted by Crippen LogP contribution is -2.50. The van der Waals surface area contributed by atoms with Crippen LogP contribution >= 0.6 is 0 Å². The zero-order valence-electron chi connectivity index (χ0n) is 8.35. The molecule has 0 spiro atoms. The van der Waals surface area contributed by atoms with E-state index in [1.807, 2.05) is 0 Å². The van der Waals surface area contributed by atoms with Gasteiger partial charge >= 0.3 is 0 Å². The van der Waals surface area contributed by atoms with Crippen molar-refractivity contribution >= 4 is 10.0 Å². The van der Waals surface area contributed by atoms with Crippen molar-refractivity contribution in [2.45, 2.75) is 44.2 Å². The highest BCUT2D eigenvalue weighted by Crippen LogP contribution is 2.27. The summed E-state index contributed by atoms with van der Waals surface area (Å²) in [4.78, 5) is 0. The Labute approximate surface area is 85.5 Å². The van der Waals surface area contributed by atoms with Crippen LogP contribution in [0.2, 0.25) is 0 Å². The molecular formula is C9H18N2O2S. The first kappa shape index (κ1) is 10.4. The van der Waals surface area contributed by atoms with Crippen LogP contribution in [0.5, 0.6) is 0 Å². The van der Waals surface area contributed by atoms with E-state index in [1.54, 1.807) is 4.31 Å². The van der Waals surface area contributed by atoms with Gasteiger partial charge in [0.25, 0.3) is 0 Å². The van der Waals surface area contributed by atoms with Crippen molar-refractivity contribution in [2.24, 2.45) is 5.73 Å². The quantitative estimate of drug-likeness (QED) is 0.688. The van der Waals surface area contributed by atoms with E-state index in [9.17, 15) is 8.42 Å². The fourth-order valence-corrected chi connectivity index (χ4v) is 4.34. The van der Waals surface area contributed by atoms with Crippen LogP contribution in [-0.2, 0) is 10.0 Å². The Morgan fingerprint density at radius 2 is 1.86 bits per heavy atom. The zero-order valence-corrected chi connectivity index (χ0v) is 9.17. The van der Waals surface area contributed by atoms with Crippen LogP contribution in [0.1, 0.15) is 32.1 Å². The van der Waals surface area contributed by atoms with Crippen LogP contribution in [0.25, 0.3) is 0 Å². The fraction of sp³-hybridized carbons (Fsp3) is 1.00. The lowest BCUT2D eigenvalue weighted by Gasteiger charge is -2.34. The molecule has 2 fully saturated rings. The smallest absolute Gasteiger partial charge is 0.214 e. The van der Waals surface area contributed by atoms with E-state index in [2.05, 4.69) is 0 Å². The van der Waals surface area contributed by atoms with Crippen molar-refractivity contribution < 1.29 is 8.42 Å². The molecule has 82 valence electrons. The SMILES string of the molecule is NC1CCCCC1N1CCCS1(=O)=O. The molecule has 1 aliphatic heterocycles. The summed E-state index contributed by atoms with van der Waals surface area (Å²) in [7, 11) is -2.97. The molecule has 0 aromatic rings. The molecule has 1 aliphatic carbocycles. The molecule has 5 heteroatoms. The molecular weight excluding hydrogens is 200 g/mol. The standard InChI is InChI=1S/C9H18N2O2S/c10-8-4-1-2-5-9(8)11-6-3-7-14(11,12)13/h8-9H,1-7,10H2. The average Bonchev–Trinajstić information content (AvgIpc) is 2.46. The highest BCUT2D eigenvalue weighted by atomic mass is 32.2. The Morgan fingerprint density at radius 1 is 1.14 bits per heavy atom. The first-order chi connectivity index (χ1) is 6.61. The van der Waals surface area contributed by atoms with Gasteiger partial charge in [0, 0.05) is 18.6 Å². The number of hydrogen-bond acceptors (Lipinski definition) is 3. The maximum atomic E-state index is 11.7. The van der Waals surface area contributed by atoms with Gasteiger partial charge in [0.1, 0.15) is 0 Å². The molecule has 0 aromatic carbocycles. The summed E-state index contributed by atoms with van der Waals surface area (Å²) in [5, 5.41) is 0. The molecule has 0 radical (unpaired) electrons. The summed E-state index contributed by atoms with van der Waals surface area (Å²) >= 11 is 0. The summed E-state index contributed by atoms with van der Waals surface area (Å²) in [5.41, 5.74) is 5.97. The summed E-state index contributed by atoms with van der Waals surface area (Å²) in [6.07, 6.45) is 4.94. The van der Waals surface area contributed by atoms with E-state index < -0.39 is 10.0 Å². The molecule has 0 bridgehead atoms. The third kappa shape index (κ3) is 1.81. The molecule has 14 heavy (non-hydrogen) atoms. The Kier molecular flexibility index (Phi) is 2.81. The van der Waals surface area contributed by atoms with Crippen LogP contribution < -0.4 is 5.73 Å². The lowest BCUT2D eigenvalue weighted by molar-refractivity contribution is 0.236. The molecule has 2 aliphatic rings. The van der Waals surface area contributed by atoms with Crippen molar-refractivity contribution in [3.63, 3.8) is 0 Å². The average molecular weight is 218 g/mol. The topological polar surface area (TPSA) is 63.4 Å². The van der Waals surface area contributed by atoms with Gasteiger partial charge < -0.3 is 5.73 Å². The Morgan fingerprint density at radius 3 is 2.43 bits per heavy atom. The molecule has 1 saturated heterocycles. The van der Waals surface area contributed by atoms with Gasteiger partial charge in [-0.05, 0) is 19.3 Å². The maximum Gasteiger partial charge on any atom is 0.214 e. The lowest BCUT2D eigenvalue weighted by atomic mass is 9.91. The Hall–Kier alpha value is -0.130. The maximum absolute atomic E-state index is 11.7. The predicted octanol–water partition coefficient (Wildman–Crippen LogP) is 0.292. The van der Waals surface area contributed by atoms with E-state index in [0.29, 0.717) is 12.3 Å². The predicted molar refractivity (Wildman–Crippen MR) is 55.3 cm³/mol. The van der Waals surface area contributed by atoms with Crippen molar-refractivity contribution in [3.8, 4) is 0 Å². The number of nitrogens with two attached hydrogens (primary N) is 1. The minimum atomic E-state index is -2.97. The summed E-state index contributed by atoms with van der Waals surface area (Å²) < 4.78 is 25.0. The molecule has 2 atom stereocenters. The van der Waals surface area contributed by atoms with Crippen molar-refractivity contribution in [1.82, 2.24) is 4.31 Å². The first-order valence-corrected chi connectivity index (χ1v) is 6.97. The van der Waals surface area contributed by atoms with E-state index in [0.717, 1.165) is 32.1 Å². The van der Waals surface area contributed by atoms with Crippen LogP contribution in [-0.4, -0.2) is 37.1 Å². The van der Waals surface area contributed by atoms with Crippen molar-refractivity contribution in [1.29, 1.82) is 0 Å². The number of rotatable bonds is 1. The molecule has 1 saturated carbocycles. The highest BCUT2D eigenvalue weighted by Gasteiger charge is 2.37. The second kappa shape index (κ2) is 3.79. The monoisotopic (exact) mass is 218 g/mol. The zero-order chi connectivity index (χ0) is 10.2. The van der Waals surface area contributed by atoms with Gasteiger partial charge in [-0.2, -0.15) is 4.31 Å². The van der Waals surface area contributed by atoms with Crippen LogP contribution in [0.3, 0.4) is 0 Å². The van der Waals surface area contributed by atoms with E-state index >= 15 is 0 Å². The van der Waals surface area contributed by atoms with Gasteiger partial charge in [-0.1, -0.05) is 12.8 Å². The van der Waals surface area contributed by atoms with Gasteiger partial charge in [0.15, 0.2) is 0 Å². The minimum Gasteiger partial charge on any atom is -0.326 e. The number of nitrogens with zero attached hydrogens (tertiary/aromatic N) is 1. The molecule has 0 aromatic heterocycles.